The van der Waals surface area contributed by atoms with E-state index in [4.69, 9.17) is 39.5 Å². The van der Waals surface area contributed by atoms with Crippen LogP contribution in [0.5, 0.6) is 5.75 Å². The van der Waals surface area contributed by atoms with Gasteiger partial charge in [-0.15, -0.1) is 0 Å². The Balaban J connectivity index is 1.99. The molecule has 1 amide bonds. The number of benzene rings is 2. The fourth-order valence-electron chi connectivity index (χ4n) is 1.52. The lowest BCUT2D eigenvalue weighted by Gasteiger charge is -2.10. The summed E-state index contributed by atoms with van der Waals surface area (Å²) in [6.07, 6.45) is 0. The number of halogens is 4. The van der Waals surface area contributed by atoms with Crippen molar-refractivity contribution in [3.63, 3.8) is 0 Å². The van der Waals surface area contributed by atoms with Crippen molar-refractivity contribution in [3.8, 4) is 5.75 Å². The molecule has 0 fully saturated rings. The van der Waals surface area contributed by atoms with Crippen molar-refractivity contribution in [1.82, 2.24) is 0 Å². The van der Waals surface area contributed by atoms with Crippen LogP contribution in [0.2, 0.25) is 15.1 Å². The first-order chi connectivity index (χ1) is 9.97. The topological polar surface area (TPSA) is 38.3 Å². The molecule has 0 aliphatic heterocycles. The van der Waals surface area contributed by atoms with E-state index in [-0.39, 0.29) is 23.1 Å². The molecule has 0 bridgehead atoms. The van der Waals surface area contributed by atoms with Crippen LogP contribution in [0.1, 0.15) is 0 Å². The van der Waals surface area contributed by atoms with Gasteiger partial charge in [-0.05, 0) is 30.3 Å². The molecule has 0 aliphatic rings. The first kappa shape index (κ1) is 15.9. The van der Waals surface area contributed by atoms with Gasteiger partial charge in [-0.2, -0.15) is 0 Å². The van der Waals surface area contributed by atoms with Gasteiger partial charge in [0.25, 0.3) is 5.91 Å². The van der Waals surface area contributed by atoms with E-state index in [1.54, 1.807) is 18.2 Å². The van der Waals surface area contributed by atoms with Crippen LogP contribution in [0.25, 0.3) is 0 Å². The summed E-state index contributed by atoms with van der Waals surface area (Å²) in [6.45, 7) is -0.341. The molecule has 0 radical (unpaired) electrons. The quantitative estimate of drug-likeness (QED) is 0.861. The van der Waals surface area contributed by atoms with E-state index < -0.39 is 11.7 Å². The molecule has 0 saturated heterocycles. The monoisotopic (exact) mass is 347 g/mol. The number of anilines is 1. The maximum absolute atomic E-state index is 13.5. The van der Waals surface area contributed by atoms with Gasteiger partial charge in [0, 0.05) is 5.02 Å². The van der Waals surface area contributed by atoms with Crippen LogP contribution >= 0.6 is 34.8 Å². The molecular weight excluding hydrogens is 340 g/mol. The van der Waals surface area contributed by atoms with Gasteiger partial charge >= 0.3 is 0 Å². The number of carbonyl (C=O) groups is 1. The van der Waals surface area contributed by atoms with E-state index in [2.05, 4.69) is 5.32 Å². The summed E-state index contributed by atoms with van der Waals surface area (Å²) >= 11 is 17.5. The largest absolute Gasteiger partial charge is 0.482 e. The number of nitrogens with one attached hydrogen (secondary N) is 1. The zero-order valence-electron chi connectivity index (χ0n) is 10.5. The van der Waals surface area contributed by atoms with Crippen LogP contribution in [-0.2, 0) is 4.79 Å². The highest BCUT2D eigenvalue weighted by Crippen LogP contribution is 2.31. The van der Waals surface area contributed by atoms with Gasteiger partial charge in [0.05, 0.1) is 10.7 Å². The minimum Gasteiger partial charge on any atom is -0.482 e. The second-order valence-corrected chi connectivity index (χ2v) is 5.23. The number of amides is 1. The van der Waals surface area contributed by atoms with Crippen molar-refractivity contribution in [2.24, 2.45) is 0 Å². The molecule has 0 atom stereocenters. The summed E-state index contributed by atoms with van der Waals surface area (Å²) in [6, 6.07) is 8.65. The third-order valence-electron chi connectivity index (χ3n) is 2.48. The third kappa shape index (κ3) is 4.24. The Bertz CT molecular complexity index is 679. The second-order valence-electron chi connectivity index (χ2n) is 4.01. The molecule has 0 aliphatic carbocycles. The average Bonchev–Trinajstić information content (AvgIpc) is 2.44. The lowest BCUT2D eigenvalue weighted by Crippen LogP contribution is -2.20. The lowest BCUT2D eigenvalue weighted by atomic mass is 10.3. The summed E-state index contributed by atoms with van der Waals surface area (Å²) in [4.78, 5) is 11.7. The summed E-state index contributed by atoms with van der Waals surface area (Å²) in [5.74, 6) is -0.869. The van der Waals surface area contributed by atoms with Gasteiger partial charge in [-0.25, -0.2) is 4.39 Å². The highest BCUT2D eigenvalue weighted by Gasteiger charge is 2.10. The van der Waals surface area contributed by atoms with Gasteiger partial charge < -0.3 is 10.1 Å². The van der Waals surface area contributed by atoms with Gasteiger partial charge in [-0.1, -0.05) is 40.9 Å². The first-order valence-electron chi connectivity index (χ1n) is 5.79. The van der Waals surface area contributed by atoms with Crippen LogP contribution < -0.4 is 10.1 Å². The molecule has 2 aromatic carbocycles. The van der Waals surface area contributed by atoms with E-state index in [0.717, 1.165) is 6.07 Å². The number of rotatable bonds is 4. The number of carbonyl (C=O) groups excluding carboxylic acids is 1. The van der Waals surface area contributed by atoms with Crippen molar-refractivity contribution in [2.45, 2.75) is 0 Å². The zero-order chi connectivity index (χ0) is 15.4. The molecule has 110 valence electrons. The molecule has 0 heterocycles. The lowest BCUT2D eigenvalue weighted by molar-refractivity contribution is -0.118. The predicted octanol–water partition coefficient (Wildman–Crippen LogP) is 4.80. The summed E-state index contributed by atoms with van der Waals surface area (Å²) in [5.41, 5.74) is -0.0201. The van der Waals surface area contributed by atoms with Crippen LogP contribution in [0.4, 0.5) is 10.1 Å². The Hall–Kier alpha value is -1.49. The van der Waals surface area contributed by atoms with E-state index in [1.165, 1.54) is 12.1 Å². The third-order valence-corrected chi connectivity index (χ3v) is 3.51. The molecule has 0 saturated carbocycles. The van der Waals surface area contributed by atoms with E-state index in [1.807, 2.05) is 0 Å². The summed E-state index contributed by atoms with van der Waals surface area (Å²) in [5, 5.41) is 3.19. The van der Waals surface area contributed by atoms with E-state index >= 15 is 0 Å². The molecule has 1 N–H and O–H groups in total. The molecule has 7 heteroatoms. The Morgan fingerprint density at radius 2 is 1.95 bits per heavy atom. The zero-order valence-corrected chi connectivity index (χ0v) is 12.8. The summed E-state index contributed by atoms with van der Waals surface area (Å²) < 4.78 is 18.7. The maximum Gasteiger partial charge on any atom is 0.262 e. The van der Waals surface area contributed by atoms with Crippen LogP contribution in [0.3, 0.4) is 0 Å². The second kappa shape index (κ2) is 6.98. The Kier molecular flexibility index (Phi) is 5.28. The van der Waals surface area contributed by atoms with Crippen molar-refractivity contribution >= 4 is 46.4 Å². The van der Waals surface area contributed by atoms with E-state index in [9.17, 15) is 9.18 Å². The van der Waals surface area contributed by atoms with Crippen molar-refractivity contribution in [3.05, 3.63) is 57.3 Å². The number of ether oxygens (including phenoxy) is 1. The van der Waals surface area contributed by atoms with Gasteiger partial charge in [0.2, 0.25) is 0 Å². The maximum atomic E-state index is 13.5. The van der Waals surface area contributed by atoms with E-state index in [0.29, 0.717) is 10.0 Å². The Labute approximate surface area is 135 Å². The van der Waals surface area contributed by atoms with Gasteiger partial charge in [-0.3, -0.25) is 4.79 Å². The predicted molar refractivity (Wildman–Crippen MR) is 82.0 cm³/mol. The number of hydrogen-bond donors (Lipinski definition) is 1. The van der Waals surface area contributed by atoms with Crippen LogP contribution in [-0.4, -0.2) is 12.5 Å². The standard InChI is InChI=1S/C14H9Cl3FNO2/c15-8-4-5-10(18)11(6-8)19-13(20)7-21-12-3-1-2-9(16)14(12)17/h1-6H,7H2,(H,19,20). The minimum atomic E-state index is -0.589. The molecule has 0 unspecified atom stereocenters. The fraction of sp³-hybridized carbons (Fsp3) is 0.0714. The van der Waals surface area contributed by atoms with Crippen LogP contribution in [0.15, 0.2) is 36.4 Å². The van der Waals surface area contributed by atoms with Crippen LogP contribution in [0, 0.1) is 5.82 Å². The Morgan fingerprint density at radius 3 is 2.71 bits per heavy atom. The molecule has 2 rings (SSSR count). The first-order valence-corrected chi connectivity index (χ1v) is 6.92. The van der Waals surface area contributed by atoms with Crippen molar-refractivity contribution in [1.29, 1.82) is 0 Å². The number of hydrogen-bond acceptors (Lipinski definition) is 2. The van der Waals surface area contributed by atoms with Crippen molar-refractivity contribution in [2.75, 3.05) is 11.9 Å². The molecule has 21 heavy (non-hydrogen) atoms. The average molecular weight is 349 g/mol. The molecule has 3 nitrogen and oxygen atoms in total. The smallest absolute Gasteiger partial charge is 0.262 e. The van der Waals surface area contributed by atoms with Gasteiger partial charge in [0.1, 0.15) is 16.6 Å². The molecule has 0 aromatic heterocycles. The minimum absolute atomic E-state index is 0.0201. The van der Waals surface area contributed by atoms with Crippen molar-refractivity contribution < 1.29 is 13.9 Å². The highest BCUT2D eigenvalue weighted by molar-refractivity contribution is 6.42. The van der Waals surface area contributed by atoms with Gasteiger partial charge in [0.15, 0.2) is 6.61 Å². The fourth-order valence-corrected chi connectivity index (χ4v) is 2.04. The SMILES string of the molecule is O=C(COc1cccc(Cl)c1Cl)Nc1cc(Cl)ccc1F. The summed E-state index contributed by atoms with van der Waals surface area (Å²) in [7, 11) is 0. The molecule has 2 aromatic rings. The molecular formula is C14H9Cl3FNO2. The Morgan fingerprint density at radius 1 is 1.19 bits per heavy atom. The normalized spacial score (nSPS) is 10.3. The highest BCUT2D eigenvalue weighted by atomic mass is 35.5. The molecule has 0 spiro atoms.